The summed E-state index contributed by atoms with van der Waals surface area (Å²) >= 11 is 0. The molecule has 0 bridgehead atoms. The lowest BCUT2D eigenvalue weighted by Gasteiger charge is -2.08. The molecule has 28 heavy (non-hydrogen) atoms. The molecule has 0 radical (unpaired) electrons. The van der Waals surface area contributed by atoms with Gasteiger partial charge in [0.1, 0.15) is 18.3 Å². The molecule has 4 rings (SSSR count). The maximum Gasteiger partial charge on any atom is 0.264 e. The number of nitrogens with one attached hydrogen (secondary N) is 1. The summed E-state index contributed by atoms with van der Waals surface area (Å²) in [4.78, 5) is 29.3. The predicted molar refractivity (Wildman–Crippen MR) is 106 cm³/mol. The summed E-state index contributed by atoms with van der Waals surface area (Å²) in [6, 6.07) is 17.4. The van der Waals surface area contributed by atoms with Crippen LogP contribution in [0.4, 0.5) is 0 Å². The molecule has 0 unspecified atom stereocenters. The van der Waals surface area contributed by atoms with Gasteiger partial charge in [-0.05, 0) is 24.6 Å². The van der Waals surface area contributed by atoms with Crippen molar-refractivity contribution in [3.05, 3.63) is 88.6 Å². The number of amides is 1. The summed E-state index contributed by atoms with van der Waals surface area (Å²) in [5.74, 6) is -0.252. The molecule has 2 heterocycles. The lowest BCUT2D eigenvalue weighted by Crippen LogP contribution is -2.32. The molecule has 140 valence electrons. The zero-order valence-corrected chi connectivity index (χ0v) is 15.4. The molecule has 4 aromatic rings. The van der Waals surface area contributed by atoms with E-state index in [1.807, 2.05) is 61.5 Å². The average molecular weight is 373 g/mol. The van der Waals surface area contributed by atoms with E-state index in [9.17, 15) is 9.59 Å². The third-order valence-corrected chi connectivity index (χ3v) is 4.48. The lowest BCUT2D eigenvalue weighted by molar-refractivity contribution is -0.121. The summed E-state index contributed by atoms with van der Waals surface area (Å²) in [5.41, 5.74) is 3.13. The molecule has 0 saturated carbocycles. The Morgan fingerprint density at radius 3 is 2.57 bits per heavy atom. The maximum absolute atomic E-state index is 12.7. The van der Waals surface area contributed by atoms with E-state index < -0.39 is 0 Å². The SMILES string of the molecule is Cc1ccc(-n2ncc3c(=O)n(CC(=O)NCc4ccccc4)cnc32)cc1. The Labute approximate surface area is 161 Å². The van der Waals surface area contributed by atoms with Gasteiger partial charge in [0.15, 0.2) is 5.65 Å². The number of carbonyl (C=O) groups is 1. The van der Waals surface area contributed by atoms with E-state index in [-0.39, 0.29) is 18.0 Å². The van der Waals surface area contributed by atoms with Crippen LogP contribution in [0.25, 0.3) is 16.7 Å². The van der Waals surface area contributed by atoms with Crippen molar-refractivity contribution in [2.45, 2.75) is 20.0 Å². The van der Waals surface area contributed by atoms with Gasteiger partial charge in [-0.25, -0.2) is 9.67 Å². The van der Waals surface area contributed by atoms with Gasteiger partial charge in [0.05, 0.1) is 11.9 Å². The van der Waals surface area contributed by atoms with Crippen molar-refractivity contribution >= 4 is 16.9 Å². The van der Waals surface area contributed by atoms with Crippen LogP contribution in [0.15, 0.2) is 71.9 Å². The molecule has 0 aliphatic heterocycles. The molecule has 0 saturated heterocycles. The molecular weight excluding hydrogens is 354 g/mol. The van der Waals surface area contributed by atoms with E-state index in [0.29, 0.717) is 17.6 Å². The van der Waals surface area contributed by atoms with Crippen LogP contribution in [0.5, 0.6) is 0 Å². The number of hydrogen-bond donors (Lipinski definition) is 1. The summed E-state index contributed by atoms with van der Waals surface area (Å²) in [7, 11) is 0. The standard InChI is InChI=1S/C21H19N5O2/c1-15-7-9-17(10-8-15)26-20-18(12-24-26)21(28)25(14-23-20)13-19(27)22-11-16-5-3-2-4-6-16/h2-10,12,14H,11,13H2,1H3,(H,22,27). The lowest BCUT2D eigenvalue weighted by atomic mass is 10.2. The Morgan fingerprint density at radius 1 is 1.07 bits per heavy atom. The zero-order valence-electron chi connectivity index (χ0n) is 15.4. The molecule has 0 fully saturated rings. The fourth-order valence-corrected chi connectivity index (χ4v) is 2.94. The summed E-state index contributed by atoms with van der Waals surface area (Å²) in [5, 5.41) is 7.48. The number of fused-ring (bicyclic) bond motifs is 1. The molecule has 0 spiro atoms. The van der Waals surface area contributed by atoms with Crippen molar-refractivity contribution < 1.29 is 4.79 Å². The van der Waals surface area contributed by atoms with Crippen LogP contribution in [0.2, 0.25) is 0 Å². The minimum absolute atomic E-state index is 0.0929. The van der Waals surface area contributed by atoms with Gasteiger partial charge < -0.3 is 5.32 Å². The van der Waals surface area contributed by atoms with Crippen molar-refractivity contribution in [1.82, 2.24) is 24.6 Å². The first-order chi connectivity index (χ1) is 13.6. The van der Waals surface area contributed by atoms with Crippen LogP contribution < -0.4 is 10.9 Å². The predicted octanol–water partition coefficient (Wildman–Crippen LogP) is 2.21. The molecule has 7 nitrogen and oxygen atoms in total. The molecule has 2 aromatic carbocycles. The first kappa shape index (κ1) is 17.7. The van der Waals surface area contributed by atoms with Crippen LogP contribution in [0.1, 0.15) is 11.1 Å². The second kappa shape index (κ2) is 7.48. The highest BCUT2D eigenvalue weighted by Gasteiger charge is 2.13. The topological polar surface area (TPSA) is 81.8 Å². The highest BCUT2D eigenvalue weighted by molar-refractivity contribution is 5.77. The van der Waals surface area contributed by atoms with Gasteiger partial charge in [-0.15, -0.1) is 0 Å². The highest BCUT2D eigenvalue weighted by atomic mass is 16.2. The summed E-state index contributed by atoms with van der Waals surface area (Å²) in [6.07, 6.45) is 2.88. The third-order valence-electron chi connectivity index (χ3n) is 4.48. The number of aromatic nitrogens is 4. The average Bonchev–Trinajstić information content (AvgIpc) is 3.15. The first-order valence-corrected chi connectivity index (χ1v) is 8.92. The minimum Gasteiger partial charge on any atom is -0.350 e. The Bertz CT molecular complexity index is 1180. The van der Waals surface area contributed by atoms with Crippen LogP contribution >= 0.6 is 0 Å². The third kappa shape index (κ3) is 3.55. The normalized spacial score (nSPS) is 10.9. The Morgan fingerprint density at radius 2 is 1.82 bits per heavy atom. The second-order valence-corrected chi connectivity index (χ2v) is 6.57. The Hall–Kier alpha value is -3.74. The molecule has 0 atom stereocenters. The molecule has 1 N–H and O–H groups in total. The summed E-state index contributed by atoms with van der Waals surface area (Å²) < 4.78 is 2.92. The van der Waals surface area contributed by atoms with Gasteiger partial charge in [0, 0.05) is 6.54 Å². The quantitative estimate of drug-likeness (QED) is 0.581. The zero-order chi connectivity index (χ0) is 19.5. The van der Waals surface area contributed by atoms with Gasteiger partial charge in [-0.3, -0.25) is 14.2 Å². The van der Waals surface area contributed by atoms with Gasteiger partial charge in [-0.1, -0.05) is 48.0 Å². The number of nitrogens with zero attached hydrogens (tertiary/aromatic N) is 4. The Kier molecular flexibility index (Phi) is 4.72. The minimum atomic E-state index is -0.293. The molecule has 1 amide bonds. The summed E-state index contributed by atoms with van der Waals surface area (Å²) in [6.45, 7) is 2.32. The highest BCUT2D eigenvalue weighted by Crippen LogP contribution is 2.14. The van der Waals surface area contributed by atoms with Crippen LogP contribution in [-0.2, 0) is 17.9 Å². The fraction of sp³-hybridized carbons (Fsp3) is 0.143. The number of benzene rings is 2. The van der Waals surface area contributed by atoms with E-state index in [1.54, 1.807) is 4.68 Å². The molecule has 0 aliphatic rings. The van der Waals surface area contributed by atoms with Crippen molar-refractivity contribution in [3.8, 4) is 5.69 Å². The van der Waals surface area contributed by atoms with E-state index in [1.165, 1.54) is 17.1 Å². The first-order valence-electron chi connectivity index (χ1n) is 8.92. The van der Waals surface area contributed by atoms with Gasteiger partial charge >= 0.3 is 0 Å². The van der Waals surface area contributed by atoms with E-state index in [4.69, 9.17) is 0 Å². The van der Waals surface area contributed by atoms with Crippen LogP contribution in [0, 0.1) is 6.92 Å². The van der Waals surface area contributed by atoms with Crippen molar-refractivity contribution in [2.75, 3.05) is 0 Å². The van der Waals surface area contributed by atoms with Crippen LogP contribution in [-0.4, -0.2) is 25.2 Å². The molecule has 7 heteroatoms. The van der Waals surface area contributed by atoms with Crippen molar-refractivity contribution in [2.24, 2.45) is 0 Å². The van der Waals surface area contributed by atoms with Crippen molar-refractivity contribution in [3.63, 3.8) is 0 Å². The number of aryl methyl sites for hydroxylation is 1. The van der Waals surface area contributed by atoms with Crippen LogP contribution in [0.3, 0.4) is 0 Å². The van der Waals surface area contributed by atoms with Gasteiger partial charge in [0.2, 0.25) is 5.91 Å². The number of carbonyl (C=O) groups excluding carboxylic acids is 1. The van der Waals surface area contributed by atoms with Crippen molar-refractivity contribution in [1.29, 1.82) is 0 Å². The fourth-order valence-electron chi connectivity index (χ4n) is 2.94. The van der Waals surface area contributed by atoms with E-state index >= 15 is 0 Å². The van der Waals surface area contributed by atoms with E-state index in [0.717, 1.165) is 16.8 Å². The Balaban J connectivity index is 1.54. The largest absolute Gasteiger partial charge is 0.350 e. The smallest absolute Gasteiger partial charge is 0.264 e. The number of rotatable bonds is 5. The second-order valence-electron chi connectivity index (χ2n) is 6.57. The van der Waals surface area contributed by atoms with Gasteiger partial charge in [0.25, 0.3) is 5.56 Å². The monoisotopic (exact) mass is 373 g/mol. The maximum atomic E-state index is 12.7. The number of hydrogen-bond acceptors (Lipinski definition) is 4. The molecular formula is C21H19N5O2. The van der Waals surface area contributed by atoms with E-state index in [2.05, 4.69) is 15.4 Å². The molecule has 0 aliphatic carbocycles. The van der Waals surface area contributed by atoms with Gasteiger partial charge in [-0.2, -0.15) is 5.10 Å². The molecule has 2 aromatic heterocycles.